The Bertz CT molecular complexity index is 677. The number of anilines is 1. The van der Waals surface area contributed by atoms with E-state index in [1.165, 1.54) is 0 Å². The quantitative estimate of drug-likeness (QED) is 0.846. The monoisotopic (exact) mass is 334 g/mol. The first-order valence-electron chi connectivity index (χ1n) is 7.14. The minimum atomic E-state index is -0.316. The van der Waals surface area contributed by atoms with Crippen LogP contribution in [0.3, 0.4) is 0 Å². The Morgan fingerprint density at radius 1 is 1.13 bits per heavy atom. The number of carbonyl (C=O) groups is 1. The van der Waals surface area contributed by atoms with Crippen LogP contribution in [0.2, 0.25) is 5.02 Å². The van der Waals surface area contributed by atoms with Crippen LogP contribution in [0.5, 0.6) is 11.5 Å². The molecule has 0 saturated carbocycles. The second-order valence-electron chi connectivity index (χ2n) is 4.79. The van der Waals surface area contributed by atoms with E-state index >= 15 is 0 Å². The van der Waals surface area contributed by atoms with Crippen molar-refractivity contribution < 1.29 is 14.3 Å². The number of nitrogens with one attached hydrogen (secondary N) is 2. The zero-order valence-electron chi connectivity index (χ0n) is 13.1. The lowest BCUT2D eigenvalue weighted by Gasteiger charge is -2.12. The van der Waals surface area contributed by atoms with Gasteiger partial charge in [-0.1, -0.05) is 29.8 Å². The van der Waals surface area contributed by atoms with Crippen molar-refractivity contribution in [1.82, 2.24) is 5.32 Å². The highest BCUT2D eigenvalue weighted by Crippen LogP contribution is 2.28. The molecule has 0 bridgehead atoms. The molecule has 2 aromatic carbocycles. The summed E-state index contributed by atoms with van der Waals surface area (Å²) in [6, 6.07) is 12.4. The van der Waals surface area contributed by atoms with E-state index in [1.54, 1.807) is 32.4 Å². The minimum Gasteiger partial charge on any atom is -0.497 e. The number of rotatable bonds is 6. The Morgan fingerprint density at radius 2 is 1.91 bits per heavy atom. The zero-order valence-corrected chi connectivity index (χ0v) is 13.8. The molecule has 6 heteroatoms. The predicted molar refractivity (Wildman–Crippen MR) is 91.7 cm³/mol. The van der Waals surface area contributed by atoms with Crippen molar-refractivity contribution in [3.8, 4) is 11.5 Å². The lowest BCUT2D eigenvalue weighted by Crippen LogP contribution is -2.30. The third-order valence-electron chi connectivity index (χ3n) is 3.29. The summed E-state index contributed by atoms with van der Waals surface area (Å²) in [5, 5.41) is 6.24. The Labute approximate surface area is 140 Å². The summed E-state index contributed by atoms with van der Waals surface area (Å²) in [6.07, 6.45) is 0.655. The molecule has 5 nitrogen and oxygen atoms in total. The molecule has 0 aromatic heterocycles. The summed E-state index contributed by atoms with van der Waals surface area (Å²) in [7, 11) is 3.11. The summed E-state index contributed by atoms with van der Waals surface area (Å²) < 4.78 is 10.4. The highest BCUT2D eigenvalue weighted by molar-refractivity contribution is 6.31. The van der Waals surface area contributed by atoms with Crippen LogP contribution in [-0.4, -0.2) is 26.8 Å². The van der Waals surface area contributed by atoms with Crippen LogP contribution >= 0.6 is 11.6 Å². The van der Waals surface area contributed by atoms with Crippen molar-refractivity contribution >= 4 is 23.3 Å². The molecular formula is C17H19ClN2O3. The van der Waals surface area contributed by atoms with Gasteiger partial charge in [-0.05, 0) is 30.2 Å². The number of methoxy groups -OCH3 is 2. The van der Waals surface area contributed by atoms with Gasteiger partial charge in [-0.25, -0.2) is 4.79 Å². The van der Waals surface area contributed by atoms with E-state index in [1.807, 2.05) is 24.3 Å². The molecular weight excluding hydrogens is 316 g/mol. The number of hydrogen-bond acceptors (Lipinski definition) is 3. The van der Waals surface area contributed by atoms with Crippen LogP contribution in [0.25, 0.3) is 0 Å². The lowest BCUT2D eigenvalue weighted by atomic mass is 10.1. The topological polar surface area (TPSA) is 59.6 Å². The maximum atomic E-state index is 12.0. The summed E-state index contributed by atoms with van der Waals surface area (Å²) in [6.45, 7) is 0.474. The number of hydrogen-bond donors (Lipinski definition) is 2. The van der Waals surface area contributed by atoms with E-state index in [2.05, 4.69) is 10.6 Å². The van der Waals surface area contributed by atoms with Gasteiger partial charge >= 0.3 is 6.03 Å². The molecule has 0 aliphatic rings. The summed E-state index contributed by atoms with van der Waals surface area (Å²) in [4.78, 5) is 12.0. The van der Waals surface area contributed by atoms with Crippen LogP contribution in [0.1, 0.15) is 5.56 Å². The number of benzene rings is 2. The van der Waals surface area contributed by atoms with Gasteiger partial charge in [-0.15, -0.1) is 0 Å². The average Bonchev–Trinajstić information content (AvgIpc) is 2.56. The van der Waals surface area contributed by atoms with E-state index < -0.39 is 0 Å². The highest BCUT2D eigenvalue weighted by Gasteiger charge is 2.09. The molecule has 23 heavy (non-hydrogen) atoms. The van der Waals surface area contributed by atoms with Gasteiger partial charge in [0.2, 0.25) is 0 Å². The molecule has 0 spiro atoms. The van der Waals surface area contributed by atoms with Crippen LogP contribution in [0.15, 0.2) is 42.5 Å². The third-order valence-corrected chi connectivity index (χ3v) is 3.66. The standard InChI is InChI=1S/C17H19ClN2O3/c1-22-13-7-8-16(23-2)15(11-13)20-17(21)19-10-9-12-5-3-4-6-14(12)18/h3-8,11H,9-10H2,1-2H3,(H2,19,20,21). The van der Waals surface area contributed by atoms with Gasteiger partial charge in [0.05, 0.1) is 19.9 Å². The molecule has 122 valence electrons. The Balaban J connectivity index is 1.91. The van der Waals surface area contributed by atoms with Crippen molar-refractivity contribution in [3.05, 3.63) is 53.1 Å². The number of amides is 2. The summed E-state index contributed by atoms with van der Waals surface area (Å²) in [5.41, 5.74) is 1.54. The SMILES string of the molecule is COc1ccc(OC)c(NC(=O)NCCc2ccccc2Cl)c1. The van der Waals surface area contributed by atoms with E-state index in [-0.39, 0.29) is 6.03 Å². The van der Waals surface area contributed by atoms with Gasteiger partial charge in [0.25, 0.3) is 0 Å². The molecule has 2 aromatic rings. The molecule has 0 unspecified atom stereocenters. The smallest absolute Gasteiger partial charge is 0.319 e. The Hall–Kier alpha value is -2.40. The fourth-order valence-electron chi connectivity index (χ4n) is 2.09. The normalized spacial score (nSPS) is 10.0. The molecule has 0 aliphatic carbocycles. The molecule has 2 N–H and O–H groups in total. The molecule has 0 fully saturated rings. The maximum absolute atomic E-state index is 12.0. The van der Waals surface area contributed by atoms with Gasteiger partial charge in [0.1, 0.15) is 11.5 Å². The number of ether oxygens (including phenoxy) is 2. The van der Waals surface area contributed by atoms with Gasteiger partial charge in [-0.3, -0.25) is 0 Å². The second-order valence-corrected chi connectivity index (χ2v) is 5.20. The first-order valence-corrected chi connectivity index (χ1v) is 7.52. The van der Waals surface area contributed by atoms with Gasteiger partial charge < -0.3 is 20.1 Å². The average molecular weight is 335 g/mol. The maximum Gasteiger partial charge on any atom is 0.319 e. The van der Waals surface area contributed by atoms with E-state index in [0.29, 0.717) is 35.2 Å². The predicted octanol–water partition coefficient (Wildman–Crippen LogP) is 3.72. The van der Waals surface area contributed by atoms with Crippen LogP contribution in [0.4, 0.5) is 10.5 Å². The molecule has 0 heterocycles. The molecule has 0 saturated heterocycles. The Kier molecular flexibility index (Phi) is 6.11. The minimum absolute atomic E-state index is 0.316. The van der Waals surface area contributed by atoms with Gasteiger partial charge in [0.15, 0.2) is 0 Å². The van der Waals surface area contributed by atoms with Crippen molar-refractivity contribution in [2.75, 3.05) is 26.1 Å². The summed E-state index contributed by atoms with van der Waals surface area (Å²) >= 11 is 6.08. The lowest BCUT2D eigenvalue weighted by molar-refractivity contribution is 0.252. The van der Waals surface area contributed by atoms with Crippen molar-refractivity contribution in [3.63, 3.8) is 0 Å². The first-order chi connectivity index (χ1) is 11.1. The molecule has 0 aliphatic heterocycles. The largest absolute Gasteiger partial charge is 0.497 e. The fraction of sp³-hybridized carbons (Fsp3) is 0.235. The molecule has 2 amide bonds. The van der Waals surface area contributed by atoms with E-state index in [9.17, 15) is 4.79 Å². The molecule has 2 rings (SSSR count). The van der Waals surface area contributed by atoms with Crippen LogP contribution < -0.4 is 20.1 Å². The fourth-order valence-corrected chi connectivity index (χ4v) is 2.32. The Morgan fingerprint density at radius 3 is 2.61 bits per heavy atom. The van der Waals surface area contributed by atoms with Crippen LogP contribution in [0, 0.1) is 0 Å². The number of carbonyl (C=O) groups excluding carboxylic acids is 1. The second kappa shape index (κ2) is 8.29. The summed E-state index contributed by atoms with van der Waals surface area (Å²) in [5.74, 6) is 1.20. The van der Waals surface area contributed by atoms with Gasteiger partial charge in [-0.2, -0.15) is 0 Å². The number of urea groups is 1. The van der Waals surface area contributed by atoms with Crippen molar-refractivity contribution in [2.24, 2.45) is 0 Å². The highest BCUT2D eigenvalue weighted by atomic mass is 35.5. The van der Waals surface area contributed by atoms with Crippen LogP contribution in [-0.2, 0) is 6.42 Å². The zero-order chi connectivity index (χ0) is 16.7. The first kappa shape index (κ1) is 17.0. The third kappa shape index (κ3) is 4.79. The number of halogens is 1. The van der Waals surface area contributed by atoms with Crippen molar-refractivity contribution in [1.29, 1.82) is 0 Å². The van der Waals surface area contributed by atoms with E-state index in [4.69, 9.17) is 21.1 Å². The van der Waals surface area contributed by atoms with Crippen molar-refractivity contribution in [2.45, 2.75) is 6.42 Å². The molecule has 0 atom stereocenters. The van der Waals surface area contributed by atoms with Gasteiger partial charge in [0, 0.05) is 17.6 Å². The van der Waals surface area contributed by atoms with E-state index in [0.717, 1.165) is 5.56 Å². The molecule has 0 radical (unpaired) electrons.